The molecule has 14 heavy (non-hydrogen) atoms. The normalized spacial score (nSPS) is 22.3. The Morgan fingerprint density at radius 2 is 2.07 bits per heavy atom. The number of thiol groups is 1. The Labute approximate surface area is 93.2 Å². The van der Waals surface area contributed by atoms with Gasteiger partial charge in [-0.25, -0.2) is 0 Å². The van der Waals surface area contributed by atoms with Crippen LogP contribution in [0.25, 0.3) is 0 Å². The van der Waals surface area contributed by atoms with Crippen molar-refractivity contribution in [2.24, 2.45) is 5.92 Å². The fourth-order valence-corrected chi connectivity index (χ4v) is 2.10. The monoisotopic (exact) mass is 208 g/mol. The van der Waals surface area contributed by atoms with Crippen LogP contribution >= 0.6 is 12.6 Å². The molecule has 0 aromatic carbocycles. The highest BCUT2D eigenvalue weighted by Gasteiger charge is 2.09. The first-order chi connectivity index (χ1) is 6.69. The summed E-state index contributed by atoms with van der Waals surface area (Å²) in [6.45, 7) is 6.66. The SMILES string of the molecule is CCC1C=CC(C)=C(CCS)C=C1C. The highest BCUT2D eigenvalue weighted by Crippen LogP contribution is 2.25. The zero-order chi connectivity index (χ0) is 10.6. The minimum atomic E-state index is 0.627. The lowest BCUT2D eigenvalue weighted by molar-refractivity contribution is 0.727. The van der Waals surface area contributed by atoms with E-state index in [1.165, 1.54) is 23.1 Å². The highest BCUT2D eigenvalue weighted by atomic mass is 32.1. The minimum absolute atomic E-state index is 0.627. The summed E-state index contributed by atoms with van der Waals surface area (Å²) >= 11 is 4.29. The summed E-state index contributed by atoms with van der Waals surface area (Å²) in [6, 6.07) is 0. The molecule has 1 aliphatic rings. The Morgan fingerprint density at radius 3 is 2.64 bits per heavy atom. The van der Waals surface area contributed by atoms with E-state index in [-0.39, 0.29) is 0 Å². The fraction of sp³-hybridized carbons (Fsp3) is 0.538. The van der Waals surface area contributed by atoms with Crippen LogP contribution in [-0.4, -0.2) is 5.75 Å². The predicted octanol–water partition coefficient (Wildman–Crippen LogP) is 4.17. The molecule has 0 aromatic rings. The molecular weight excluding hydrogens is 188 g/mol. The maximum absolute atomic E-state index is 4.29. The van der Waals surface area contributed by atoms with E-state index in [4.69, 9.17) is 0 Å². The van der Waals surface area contributed by atoms with Crippen LogP contribution in [0.1, 0.15) is 33.6 Å². The van der Waals surface area contributed by atoms with Crippen molar-refractivity contribution >= 4 is 12.6 Å². The summed E-state index contributed by atoms with van der Waals surface area (Å²) in [4.78, 5) is 0. The summed E-state index contributed by atoms with van der Waals surface area (Å²) in [5, 5.41) is 0. The predicted molar refractivity (Wildman–Crippen MR) is 67.8 cm³/mol. The van der Waals surface area contributed by atoms with E-state index < -0.39 is 0 Å². The zero-order valence-electron chi connectivity index (χ0n) is 9.38. The standard InChI is InChI=1S/C13H20S/c1-4-12-6-5-10(2)13(7-8-14)9-11(12)3/h5-6,9,12,14H,4,7-8H2,1-3H3. The third-order valence-corrected chi connectivity index (χ3v) is 3.12. The van der Waals surface area contributed by atoms with E-state index in [9.17, 15) is 0 Å². The third-order valence-electron chi connectivity index (χ3n) is 2.89. The van der Waals surface area contributed by atoms with E-state index in [1.807, 2.05) is 0 Å². The maximum Gasteiger partial charge on any atom is -0.00222 e. The molecule has 0 fully saturated rings. The largest absolute Gasteiger partial charge is 0.179 e. The van der Waals surface area contributed by atoms with Gasteiger partial charge in [0.15, 0.2) is 0 Å². The molecule has 0 heterocycles. The Kier molecular flexibility index (Phi) is 4.53. The Morgan fingerprint density at radius 1 is 1.36 bits per heavy atom. The average molecular weight is 208 g/mol. The van der Waals surface area contributed by atoms with Crippen molar-refractivity contribution < 1.29 is 0 Å². The van der Waals surface area contributed by atoms with E-state index in [0.717, 1.165) is 12.2 Å². The van der Waals surface area contributed by atoms with Gasteiger partial charge in [0.1, 0.15) is 0 Å². The molecule has 1 aliphatic carbocycles. The van der Waals surface area contributed by atoms with Gasteiger partial charge in [0, 0.05) is 0 Å². The average Bonchev–Trinajstić information content (AvgIpc) is 2.29. The minimum Gasteiger partial charge on any atom is -0.179 e. The molecule has 1 rings (SSSR count). The van der Waals surface area contributed by atoms with Crippen LogP contribution in [0, 0.1) is 5.92 Å². The molecule has 0 radical (unpaired) electrons. The summed E-state index contributed by atoms with van der Waals surface area (Å²) in [5.74, 6) is 1.56. The van der Waals surface area contributed by atoms with Crippen LogP contribution in [-0.2, 0) is 0 Å². The van der Waals surface area contributed by atoms with Gasteiger partial charge in [-0.15, -0.1) is 0 Å². The number of allylic oxidation sites excluding steroid dienone is 6. The van der Waals surface area contributed by atoms with Gasteiger partial charge in [-0.05, 0) is 49.5 Å². The van der Waals surface area contributed by atoms with Crippen LogP contribution < -0.4 is 0 Å². The van der Waals surface area contributed by atoms with Crippen molar-refractivity contribution in [2.75, 3.05) is 5.75 Å². The van der Waals surface area contributed by atoms with Crippen LogP contribution in [0.3, 0.4) is 0 Å². The van der Waals surface area contributed by atoms with Gasteiger partial charge in [0.05, 0.1) is 0 Å². The molecule has 1 heteroatoms. The summed E-state index contributed by atoms with van der Waals surface area (Å²) in [5.41, 5.74) is 4.33. The second-order valence-electron chi connectivity index (χ2n) is 3.94. The fourth-order valence-electron chi connectivity index (χ4n) is 1.86. The van der Waals surface area contributed by atoms with Crippen LogP contribution in [0.2, 0.25) is 0 Å². The molecule has 0 spiro atoms. The highest BCUT2D eigenvalue weighted by molar-refractivity contribution is 7.80. The van der Waals surface area contributed by atoms with E-state index in [1.54, 1.807) is 0 Å². The van der Waals surface area contributed by atoms with Crippen molar-refractivity contribution in [2.45, 2.75) is 33.6 Å². The molecule has 1 unspecified atom stereocenters. The van der Waals surface area contributed by atoms with Gasteiger partial charge in [-0.3, -0.25) is 0 Å². The molecule has 1 atom stereocenters. The first-order valence-corrected chi connectivity index (χ1v) is 5.99. The third kappa shape index (κ3) is 2.78. The lowest BCUT2D eigenvalue weighted by atomic mass is 9.97. The van der Waals surface area contributed by atoms with Crippen LogP contribution in [0.4, 0.5) is 0 Å². The van der Waals surface area contributed by atoms with Crippen molar-refractivity contribution in [3.8, 4) is 0 Å². The molecular formula is C13H20S. The maximum atomic E-state index is 4.29. The van der Waals surface area contributed by atoms with Gasteiger partial charge >= 0.3 is 0 Å². The van der Waals surface area contributed by atoms with Gasteiger partial charge in [0.2, 0.25) is 0 Å². The van der Waals surface area contributed by atoms with Crippen molar-refractivity contribution in [3.63, 3.8) is 0 Å². The van der Waals surface area contributed by atoms with Gasteiger partial charge in [0.25, 0.3) is 0 Å². The Balaban J connectivity index is 2.94. The van der Waals surface area contributed by atoms with E-state index in [2.05, 4.69) is 51.6 Å². The molecule has 0 amide bonds. The topological polar surface area (TPSA) is 0 Å². The second kappa shape index (κ2) is 5.45. The first kappa shape index (κ1) is 11.6. The van der Waals surface area contributed by atoms with Crippen molar-refractivity contribution in [3.05, 3.63) is 34.9 Å². The number of rotatable bonds is 3. The molecule has 0 aliphatic heterocycles. The zero-order valence-corrected chi connectivity index (χ0v) is 10.3. The first-order valence-electron chi connectivity index (χ1n) is 5.36. The molecule has 0 bridgehead atoms. The summed E-state index contributed by atoms with van der Waals surface area (Å²) in [7, 11) is 0. The molecule has 78 valence electrons. The quantitative estimate of drug-likeness (QED) is 0.661. The lowest BCUT2D eigenvalue weighted by Crippen LogP contribution is -1.95. The summed E-state index contributed by atoms with van der Waals surface area (Å²) < 4.78 is 0. The van der Waals surface area contributed by atoms with Crippen molar-refractivity contribution in [1.82, 2.24) is 0 Å². The molecule has 0 saturated heterocycles. The molecule has 0 aromatic heterocycles. The van der Waals surface area contributed by atoms with Crippen LogP contribution in [0.5, 0.6) is 0 Å². The lowest BCUT2D eigenvalue weighted by Gasteiger charge is -2.09. The van der Waals surface area contributed by atoms with Gasteiger partial charge in [-0.2, -0.15) is 12.6 Å². The number of hydrogen-bond acceptors (Lipinski definition) is 1. The number of hydrogen-bond donors (Lipinski definition) is 1. The van der Waals surface area contributed by atoms with E-state index >= 15 is 0 Å². The smallest absolute Gasteiger partial charge is 0.00222 e. The molecule has 0 N–H and O–H groups in total. The van der Waals surface area contributed by atoms with Crippen LogP contribution in [0.15, 0.2) is 34.9 Å². The van der Waals surface area contributed by atoms with Crippen molar-refractivity contribution in [1.29, 1.82) is 0 Å². The molecule has 0 saturated carbocycles. The Hall–Kier alpha value is -0.430. The van der Waals surface area contributed by atoms with Gasteiger partial charge < -0.3 is 0 Å². The molecule has 0 nitrogen and oxygen atoms in total. The van der Waals surface area contributed by atoms with E-state index in [0.29, 0.717) is 5.92 Å². The Bertz CT molecular complexity index is 282. The summed E-state index contributed by atoms with van der Waals surface area (Å²) in [6.07, 6.45) is 9.21. The van der Waals surface area contributed by atoms with Gasteiger partial charge in [-0.1, -0.05) is 30.7 Å². The second-order valence-corrected chi connectivity index (χ2v) is 4.39.